The summed E-state index contributed by atoms with van der Waals surface area (Å²) in [7, 11) is 0. The molecule has 3 atom stereocenters. The summed E-state index contributed by atoms with van der Waals surface area (Å²) in [6.07, 6.45) is 4.52. The summed E-state index contributed by atoms with van der Waals surface area (Å²) in [6, 6.07) is 8.15. The molecule has 4 heteroatoms. The highest BCUT2D eigenvalue weighted by Gasteiger charge is 2.31. The number of hydrogen-bond acceptors (Lipinski definition) is 3. The summed E-state index contributed by atoms with van der Waals surface area (Å²) in [5, 5.41) is 12.9. The summed E-state index contributed by atoms with van der Waals surface area (Å²) in [4.78, 5) is 12.5. The molecule has 0 radical (unpaired) electrons. The highest BCUT2D eigenvalue weighted by atomic mass is 32.2. The van der Waals surface area contributed by atoms with Crippen molar-refractivity contribution in [1.82, 2.24) is 5.32 Å². The standard InChI is InChI=1S/C16H21NO2S/c18-14-8-4-3-7-13(14)17-16(19)15-12-6-2-1-5-11(12)9-10-20-15/h1-2,5-6,13-15,18H,3-4,7-10H2,(H,17,19). The van der Waals surface area contributed by atoms with Crippen LogP contribution in [0, 0.1) is 0 Å². The smallest absolute Gasteiger partial charge is 0.237 e. The lowest BCUT2D eigenvalue weighted by molar-refractivity contribution is -0.122. The first-order valence-electron chi connectivity index (χ1n) is 7.43. The van der Waals surface area contributed by atoms with Gasteiger partial charge in [0.2, 0.25) is 5.91 Å². The van der Waals surface area contributed by atoms with Crippen molar-refractivity contribution in [2.45, 2.75) is 49.5 Å². The number of amides is 1. The van der Waals surface area contributed by atoms with E-state index in [0.29, 0.717) is 0 Å². The predicted molar refractivity (Wildman–Crippen MR) is 81.8 cm³/mol. The van der Waals surface area contributed by atoms with Gasteiger partial charge in [-0.15, -0.1) is 11.8 Å². The molecule has 0 spiro atoms. The summed E-state index contributed by atoms with van der Waals surface area (Å²) in [5.41, 5.74) is 2.43. The number of aryl methyl sites for hydroxylation is 1. The highest BCUT2D eigenvalue weighted by Crippen LogP contribution is 2.37. The summed E-state index contributed by atoms with van der Waals surface area (Å²) in [6.45, 7) is 0. The quantitative estimate of drug-likeness (QED) is 0.880. The van der Waals surface area contributed by atoms with Gasteiger partial charge in [-0.1, -0.05) is 37.1 Å². The zero-order chi connectivity index (χ0) is 13.9. The fourth-order valence-electron chi connectivity index (χ4n) is 3.15. The lowest BCUT2D eigenvalue weighted by Gasteiger charge is -2.31. The number of carbonyl (C=O) groups excluding carboxylic acids is 1. The summed E-state index contributed by atoms with van der Waals surface area (Å²) >= 11 is 1.71. The van der Waals surface area contributed by atoms with Gasteiger partial charge in [0.25, 0.3) is 0 Å². The monoisotopic (exact) mass is 291 g/mol. The molecule has 1 fully saturated rings. The molecule has 1 aromatic rings. The van der Waals surface area contributed by atoms with E-state index < -0.39 is 0 Å². The van der Waals surface area contributed by atoms with Crippen LogP contribution in [0.25, 0.3) is 0 Å². The van der Waals surface area contributed by atoms with Gasteiger partial charge in [-0.25, -0.2) is 0 Å². The lowest BCUT2D eigenvalue weighted by atomic mass is 9.92. The van der Waals surface area contributed by atoms with Gasteiger partial charge in [0.1, 0.15) is 5.25 Å². The molecule has 3 unspecified atom stereocenters. The maximum atomic E-state index is 12.5. The molecule has 0 aromatic heterocycles. The van der Waals surface area contributed by atoms with E-state index in [4.69, 9.17) is 0 Å². The number of nitrogens with one attached hydrogen (secondary N) is 1. The first kappa shape index (κ1) is 14.0. The fourth-order valence-corrected chi connectivity index (χ4v) is 4.35. The summed E-state index contributed by atoms with van der Waals surface area (Å²) < 4.78 is 0. The molecule has 20 heavy (non-hydrogen) atoms. The van der Waals surface area contributed by atoms with Gasteiger partial charge in [0.05, 0.1) is 12.1 Å². The van der Waals surface area contributed by atoms with Gasteiger partial charge in [-0.2, -0.15) is 0 Å². The molecule has 3 nitrogen and oxygen atoms in total. The maximum Gasteiger partial charge on any atom is 0.237 e. The number of fused-ring (bicyclic) bond motifs is 1. The number of thioether (sulfide) groups is 1. The Labute approximate surface area is 124 Å². The number of benzene rings is 1. The second-order valence-corrected chi connectivity index (χ2v) is 6.88. The van der Waals surface area contributed by atoms with Crippen molar-refractivity contribution in [1.29, 1.82) is 0 Å². The van der Waals surface area contributed by atoms with Crippen molar-refractivity contribution in [3.63, 3.8) is 0 Å². The van der Waals surface area contributed by atoms with Crippen LogP contribution in [0.4, 0.5) is 0 Å². The van der Waals surface area contributed by atoms with Crippen LogP contribution in [-0.4, -0.2) is 28.9 Å². The number of aliphatic hydroxyl groups excluding tert-OH is 1. The predicted octanol–water partition coefficient (Wildman–Crippen LogP) is 2.44. The van der Waals surface area contributed by atoms with Gasteiger partial charge < -0.3 is 10.4 Å². The third kappa shape index (κ3) is 2.86. The summed E-state index contributed by atoms with van der Waals surface area (Å²) in [5.74, 6) is 1.05. The third-order valence-corrected chi connectivity index (χ3v) is 5.53. The van der Waals surface area contributed by atoms with Crippen LogP contribution in [0.1, 0.15) is 42.1 Å². The lowest BCUT2D eigenvalue weighted by Crippen LogP contribution is -2.46. The van der Waals surface area contributed by atoms with Crippen LogP contribution in [0.15, 0.2) is 24.3 Å². The molecular formula is C16H21NO2S. The largest absolute Gasteiger partial charge is 0.391 e. The van der Waals surface area contributed by atoms with E-state index >= 15 is 0 Å². The molecule has 0 saturated heterocycles. The van der Waals surface area contributed by atoms with E-state index in [1.807, 2.05) is 12.1 Å². The van der Waals surface area contributed by atoms with Crippen LogP contribution in [0.3, 0.4) is 0 Å². The Morgan fingerprint density at radius 3 is 2.90 bits per heavy atom. The minimum Gasteiger partial charge on any atom is -0.391 e. The average Bonchev–Trinajstić information content (AvgIpc) is 2.49. The number of carbonyl (C=O) groups is 1. The molecule has 1 aromatic carbocycles. The first-order valence-corrected chi connectivity index (χ1v) is 8.48. The van der Waals surface area contributed by atoms with Crippen LogP contribution < -0.4 is 5.32 Å². The van der Waals surface area contributed by atoms with Gasteiger partial charge >= 0.3 is 0 Å². The molecule has 1 heterocycles. The van der Waals surface area contributed by atoms with E-state index in [1.165, 1.54) is 5.56 Å². The highest BCUT2D eigenvalue weighted by molar-refractivity contribution is 8.00. The van der Waals surface area contributed by atoms with Crippen molar-refractivity contribution in [3.8, 4) is 0 Å². The van der Waals surface area contributed by atoms with Crippen LogP contribution >= 0.6 is 11.8 Å². The zero-order valence-corrected chi connectivity index (χ0v) is 12.4. The van der Waals surface area contributed by atoms with E-state index in [-0.39, 0.29) is 23.3 Å². The normalized spacial score (nSPS) is 29.6. The molecule has 1 saturated carbocycles. The topological polar surface area (TPSA) is 49.3 Å². The van der Waals surface area contributed by atoms with Crippen molar-refractivity contribution in [2.75, 3.05) is 5.75 Å². The molecule has 3 rings (SSSR count). The van der Waals surface area contributed by atoms with E-state index in [0.717, 1.165) is 43.4 Å². The van der Waals surface area contributed by atoms with Crippen LogP contribution in [-0.2, 0) is 11.2 Å². The molecule has 1 aliphatic heterocycles. The van der Waals surface area contributed by atoms with Crippen molar-refractivity contribution in [2.24, 2.45) is 0 Å². The molecule has 0 bridgehead atoms. The number of rotatable bonds is 2. The van der Waals surface area contributed by atoms with Gasteiger partial charge in [0, 0.05) is 0 Å². The minimum atomic E-state index is -0.378. The molecule has 1 amide bonds. The van der Waals surface area contributed by atoms with Gasteiger partial charge in [-0.05, 0) is 36.1 Å². The minimum absolute atomic E-state index is 0.0631. The Morgan fingerprint density at radius 2 is 2.05 bits per heavy atom. The van der Waals surface area contributed by atoms with E-state index in [9.17, 15) is 9.90 Å². The fraction of sp³-hybridized carbons (Fsp3) is 0.562. The molecule has 1 aliphatic carbocycles. The van der Waals surface area contributed by atoms with Crippen molar-refractivity contribution >= 4 is 17.7 Å². The van der Waals surface area contributed by atoms with Gasteiger partial charge in [-0.3, -0.25) is 4.79 Å². The third-order valence-electron chi connectivity index (χ3n) is 4.29. The van der Waals surface area contributed by atoms with Crippen LogP contribution in [0.2, 0.25) is 0 Å². The molecule has 2 aliphatic rings. The Kier molecular flexibility index (Phi) is 4.32. The Hall–Kier alpha value is -1.00. The van der Waals surface area contributed by atoms with Gasteiger partial charge in [0.15, 0.2) is 0 Å². The van der Waals surface area contributed by atoms with Crippen LogP contribution in [0.5, 0.6) is 0 Å². The van der Waals surface area contributed by atoms with Crippen molar-refractivity contribution in [3.05, 3.63) is 35.4 Å². The number of hydrogen-bond donors (Lipinski definition) is 2. The van der Waals surface area contributed by atoms with E-state index in [1.54, 1.807) is 11.8 Å². The Bertz CT molecular complexity index is 491. The SMILES string of the molecule is O=C(NC1CCCCC1O)C1SCCc2ccccc21. The zero-order valence-electron chi connectivity index (χ0n) is 11.5. The Balaban J connectivity index is 1.72. The average molecular weight is 291 g/mol. The second kappa shape index (κ2) is 6.19. The molecule has 108 valence electrons. The number of aliphatic hydroxyl groups is 1. The Morgan fingerprint density at radius 1 is 1.25 bits per heavy atom. The molecular weight excluding hydrogens is 270 g/mol. The molecule has 2 N–H and O–H groups in total. The van der Waals surface area contributed by atoms with Crippen molar-refractivity contribution < 1.29 is 9.90 Å². The second-order valence-electron chi connectivity index (χ2n) is 5.67. The first-order chi connectivity index (χ1) is 9.75. The van der Waals surface area contributed by atoms with E-state index in [2.05, 4.69) is 17.4 Å². The maximum absolute atomic E-state index is 12.5.